The minimum Gasteiger partial charge on any atom is -0.458 e. The van der Waals surface area contributed by atoms with E-state index in [1.165, 1.54) is 0 Å². The SMILES string of the molecule is C[C@]12CC[C@H]3[C@@H](CCC(=O)[C@]3(C)Br)[C@@H]1CC[C@H]2OC(=O)c1ccccc1. The second-order valence-electron chi connectivity index (χ2n) is 8.80. The number of ketones is 1. The Morgan fingerprint density at radius 1 is 1.08 bits per heavy atom. The van der Waals surface area contributed by atoms with Crippen molar-refractivity contribution in [1.82, 2.24) is 0 Å². The molecule has 3 aliphatic rings. The molecule has 0 amide bonds. The van der Waals surface area contributed by atoms with Gasteiger partial charge in [0.25, 0.3) is 0 Å². The van der Waals surface area contributed by atoms with Crippen LogP contribution in [0, 0.1) is 23.2 Å². The molecule has 0 saturated heterocycles. The molecule has 0 unspecified atom stereocenters. The first-order chi connectivity index (χ1) is 12.3. The Labute approximate surface area is 164 Å². The molecule has 3 saturated carbocycles. The van der Waals surface area contributed by atoms with Crippen LogP contribution < -0.4 is 0 Å². The van der Waals surface area contributed by atoms with Crippen molar-refractivity contribution >= 4 is 27.7 Å². The first-order valence-electron chi connectivity index (χ1n) is 9.82. The zero-order valence-corrected chi connectivity index (χ0v) is 17.1. The average Bonchev–Trinajstić information content (AvgIpc) is 2.95. The zero-order chi connectivity index (χ0) is 18.5. The summed E-state index contributed by atoms with van der Waals surface area (Å²) in [5, 5.41) is 0. The van der Waals surface area contributed by atoms with Gasteiger partial charge in [0.2, 0.25) is 0 Å². The summed E-state index contributed by atoms with van der Waals surface area (Å²) in [6, 6.07) is 9.29. The van der Waals surface area contributed by atoms with Gasteiger partial charge in [-0.25, -0.2) is 4.79 Å². The summed E-state index contributed by atoms with van der Waals surface area (Å²) in [7, 11) is 0. The molecule has 3 nitrogen and oxygen atoms in total. The lowest BCUT2D eigenvalue weighted by Gasteiger charge is -2.53. The molecular formula is C22H27BrO3. The number of benzene rings is 1. The molecule has 0 aliphatic heterocycles. The van der Waals surface area contributed by atoms with Crippen LogP contribution in [0.25, 0.3) is 0 Å². The highest BCUT2D eigenvalue weighted by molar-refractivity contribution is 9.10. The molecule has 6 atom stereocenters. The third-order valence-electron chi connectivity index (χ3n) is 7.56. The van der Waals surface area contributed by atoms with Gasteiger partial charge in [0.05, 0.1) is 9.89 Å². The predicted molar refractivity (Wildman–Crippen MR) is 104 cm³/mol. The highest BCUT2D eigenvalue weighted by Crippen LogP contribution is 2.62. The number of rotatable bonds is 2. The molecule has 3 aliphatic carbocycles. The summed E-state index contributed by atoms with van der Waals surface area (Å²) in [5.74, 6) is 1.65. The third-order valence-corrected chi connectivity index (χ3v) is 8.59. The monoisotopic (exact) mass is 418 g/mol. The minimum atomic E-state index is -0.379. The molecular weight excluding hydrogens is 392 g/mol. The van der Waals surface area contributed by atoms with E-state index in [0.29, 0.717) is 35.5 Å². The van der Waals surface area contributed by atoms with E-state index in [2.05, 4.69) is 29.8 Å². The van der Waals surface area contributed by atoms with E-state index in [1.54, 1.807) is 0 Å². The van der Waals surface area contributed by atoms with Crippen LogP contribution in [0.3, 0.4) is 0 Å². The van der Waals surface area contributed by atoms with E-state index in [4.69, 9.17) is 4.74 Å². The quantitative estimate of drug-likeness (QED) is 0.491. The molecule has 0 aromatic heterocycles. The van der Waals surface area contributed by atoms with Crippen molar-refractivity contribution in [3.8, 4) is 0 Å². The van der Waals surface area contributed by atoms with Crippen LogP contribution in [0.15, 0.2) is 30.3 Å². The maximum Gasteiger partial charge on any atom is 0.338 e. The molecule has 4 rings (SSSR count). The van der Waals surface area contributed by atoms with Gasteiger partial charge < -0.3 is 4.74 Å². The maximum atomic E-state index is 12.6. The van der Waals surface area contributed by atoms with Gasteiger partial charge in [-0.3, -0.25) is 4.79 Å². The molecule has 140 valence electrons. The number of alkyl halides is 1. The van der Waals surface area contributed by atoms with Crippen molar-refractivity contribution < 1.29 is 14.3 Å². The summed E-state index contributed by atoms with van der Waals surface area (Å²) in [4.78, 5) is 25.0. The Kier molecular flexibility index (Phi) is 4.53. The van der Waals surface area contributed by atoms with Gasteiger partial charge in [-0.05, 0) is 68.9 Å². The standard InChI is InChI=1S/C22H27BrO3/c1-21-13-12-17-15(8-10-18(24)22(17,2)23)16(21)9-11-19(21)26-20(25)14-6-4-3-5-7-14/h3-7,15-17,19H,8-13H2,1-2H3/t15-,16-,17-,19+,21-,22+/m0/s1. The summed E-state index contributed by atoms with van der Waals surface area (Å²) in [6.45, 7) is 4.38. The Balaban J connectivity index is 1.53. The van der Waals surface area contributed by atoms with E-state index in [9.17, 15) is 9.59 Å². The number of esters is 1. The van der Waals surface area contributed by atoms with Crippen molar-refractivity contribution in [3.05, 3.63) is 35.9 Å². The van der Waals surface area contributed by atoms with Gasteiger partial charge in [0.15, 0.2) is 0 Å². The molecule has 3 fully saturated rings. The fourth-order valence-electron chi connectivity index (χ4n) is 6.03. The van der Waals surface area contributed by atoms with Gasteiger partial charge in [-0.15, -0.1) is 0 Å². The summed E-state index contributed by atoms with van der Waals surface area (Å²) >= 11 is 3.77. The second kappa shape index (κ2) is 6.47. The van der Waals surface area contributed by atoms with Gasteiger partial charge in [0.1, 0.15) is 11.9 Å². The number of ether oxygens (including phenoxy) is 1. The number of hydrogen-bond donors (Lipinski definition) is 0. The van der Waals surface area contributed by atoms with E-state index in [1.807, 2.05) is 30.3 Å². The van der Waals surface area contributed by atoms with Crippen LogP contribution in [0.5, 0.6) is 0 Å². The molecule has 0 heterocycles. The summed E-state index contributed by atoms with van der Waals surface area (Å²) in [6.07, 6.45) is 5.75. The van der Waals surface area contributed by atoms with E-state index >= 15 is 0 Å². The van der Waals surface area contributed by atoms with Crippen LogP contribution in [0.2, 0.25) is 0 Å². The molecule has 0 N–H and O–H groups in total. The number of carbonyl (C=O) groups excluding carboxylic acids is 2. The van der Waals surface area contributed by atoms with Crippen molar-refractivity contribution in [2.24, 2.45) is 23.2 Å². The number of hydrogen-bond acceptors (Lipinski definition) is 3. The van der Waals surface area contributed by atoms with Crippen molar-refractivity contribution in [3.63, 3.8) is 0 Å². The van der Waals surface area contributed by atoms with Crippen LogP contribution in [-0.2, 0) is 9.53 Å². The molecule has 26 heavy (non-hydrogen) atoms. The van der Waals surface area contributed by atoms with Gasteiger partial charge >= 0.3 is 5.97 Å². The van der Waals surface area contributed by atoms with Crippen LogP contribution >= 0.6 is 15.9 Å². The highest BCUT2D eigenvalue weighted by Gasteiger charge is 2.60. The number of carbonyl (C=O) groups is 2. The highest BCUT2D eigenvalue weighted by atomic mass is 79.9. The van der Waals surface area contributed by atoms with Gasteiger partial charge in [-0.1, -0.05) is 41.1 Å². The van der Waals surface area contributed by atoms with Crippen LogP contribution in [-0.4, -0.2) is 22.2 Å². The van der Waals surface area contributed by atoms with E-state index in [-0.39, 0.29) is 21.8 Å². The number of halogens is 1. The Bertz CT molecular complexity index is 713. The number of fused-ring (bicyclic) bond motifs is 3. The van der Waals surface area contributed by atoms with E-state index in [0.717, 1.165) is 32.1 Å². The molecule has 0 radical (unpaired) electrons. The average molecular weight is 419 g/mol. The molecule has 1 aromatic carbocycles. The lowest BCUT2D eigenvalue weighted by Crippen LogP contribution is -2.54. The second-order valence-corrected chi connectivity index (χ2v) is 10.4. The Morgan fingerprint density at radius 2 is 1.81 bits per heavy atom. The smallest absolute Gasteiger partial charge is 0.338 e. The van der Waals surface area contributed by atoms with Crippen molar-refractivity contribution in [2.45, 2.75) is 62.8 Å². The lowest BCUT2D eigenvalue weighted by molar-refractivity contribution is -0.130. The predicted octanol–water partition coefficient (Wildman–Crippen LogP) is 5.17. The van der Waals surface area contributed by atoms with Gasteiger partial charge in [0, 0.05) is 11.8 Å². The lowest BCUT2D eigenvalue weighted by atomic mass is 9.54. The van der Waals surface area contributed by atoms with Crippen LogP contribution in [0.1, 0.15) is 62.7 Å². The zero-order valence-electron chi connectivity index (χ0n) is 15.5. The molecule has 1 aromatic rings. The molecule has 0 spiro atoms. The fourth-order valence-corrected chi connectivity index (χ4v) is 6.80. The van der Waals surface area contributed by atoms with Gasteiger partial charge in [-0.2, -0.15) is 0 Å². The molecule has 0 bridgehead atoms. The Morgan fingerprint density at radius 3 is 2.54 bits per heavy atom. The van der Waals surface area contributed by atoms with Crippen molar-refractivity contribution in [1.29, 1.82) is 0 Å². The van der Waals surface area contributed by atoms with E-state index < -0.39 is 0 Å². The Hall–Kier alpha value is -1.16. The maximum absolute atomic E-state index is 12.6. The number of Topliss-reactive ketones (excluding diaryl/α,β-unsaturated/α-hetero) is 1. The first kappa shape index (κ1) is 18.2. The third kappa shape index (κ3) is 2.76. The fraction of sp³-hybridized carbons (Fsp3) is 0.636. The van der Waals surface area contributed by atoms with Crippen molar-refractivity contribution in [2.75, 3.05) is 0 Å². The summed E-state index contributed by atoms with van der Waals surface area (Å²) < 4.78 is 5.63. The minimum absolute atomic E-state index is 0.0136. The first-order valence-corrected chi connectivity index (χ1v) is 10.6. The topological polar surface area (TPSA) is 43.4 Å². The largest absolute Gasteiger partial charge is 0.458 e. The summed E-state index contributed by atoms with van der Waals surface area (Å²) in [5.41, 5.74) is 0.666. The van der Waals surface area contributed by atoms with Crippen LogP contribution in [0.4, 0.5) is 0 Å². The molecule has 4 heteroatoms. The normalized spacial score (nSPS) is 42.0.